The topological polar surface area (TPSA) is 0 Å². The summed E-state index contributed by atoms with van der Waals surface area (Å²) in [6, 6.07) is 0. The standard InChI is InChI=1S/C6H14S.H2S/c1-2-3-4-5-6-7;/h7H,2-6H2,1H3;1H2. The molecule has 0 rings (SSSR count). The summed E-state index contributed by atoms with van der Waals surface area (Å²) in [6.45, 7) is 2.22. The quantitative estimate of drug-likeness (QED) is 0.464. The highest BCUT2D eigenvalue weighted by molar-refractivity contribution is 7.80. The molecule has 0 aromatic carbocycles. The van der Waals surface area contributed by atoms with E-state index in [0.29, 0.717) is 0 Å². The zero-order chi connectivity index (χ0) is 5.54. The van der Waals surface area contributed by atoms with Crippen LogP contribution in [0.3, 0.4) is 0 Å². The molecule has 0 saturated heterocycles. The molecule has 0 aromatic heterocycles. The third-order valence-electron chi connectivity index (χ3n) is 1.01. The number of unbranched alkanes of at least 4 members (excludes halogenated alkanes) is 3. The zero-order valence-electron chi connectivity index (χ0n) is 5.48. The van der Waals surface area contributed by atoms with Gasteiger partial charge in [0.2, 0.25) is 0 Å². The lowest BCUT2D eigenvalue weighted by Crippen LogP contribution is -1.74. The Morgan fingerprint density at radius 3 is 2.12 bits per heavy atom. The first kappa shape index (κ1) is 11.5. The van der Waals surface area contributed by atoms with Gasteiger partial charge in [0.15, 0.2) is 0 Å². The minimum Gasteiger partial charge on any atom is -0.197 e. The number of hydrogen-bond donors (Lipinski definition) is 1. The van der Waals surface area contributed by atoms with Crippen molar-refractivity contribution in [1.82, 2.24) is 0 Å². The van der Waals surface area contributed by atoms with Gasteiger partial charge in [-0.15, -0.1) is 0 Å². The van der Waals surface area contributed by atoms with Crippen molar-refractivity contribution in [2.45, 2.75) is 32.6 Å². The van der Waals surface area contributed by atoms with Crippen LogP contribution in [-0.4, -0.2) is 5.75 Å². The molecule has 0 nitrogen and oxygen atoms in total. The Labute approximate surface area is 64.9 Å². The Morgan fingerprint density at radius 2 is 1.75 bits per heavy atom. The number of hydrogen-bond acceptors (Lipinski definition) is 1. The molecule has 0 unspecified atom stereocenters. The fraction of sp³-hybridized carbons (Fsp3) is 1.00. The minimum atomic E-state index is 0. The van der Waals surface area contributed by atoms with Crippen LogP contribution in [0.5, 0.6) is 0 Å². The second kappa shape index (κ2) is 10.6. The van der Waals surface area contributed by atoms with Crippen molar-refractivity contribution in [2.75, 3.05) is 5.75 Å². The monoisotopic (exact) mass is 152 g/mol. The molecular formula is C6H16S2. The fourth-order valence-corrected chi connectivity index (χ4v) is 0.762. The van der Waals surface area contributed by atoms with Gasteiger partial charge in [-0.3, -0.25) is 0 Å². The van der Waals surface area contributed by atoms with Gasteiger partial charge in [0.05, 0.1) is 0 Å². The summed E-state index contributed by atoms with van der Waals surface area (Å²) in [5, 5.41) is 0. The van der Waals surface area contributed by atoms with Gasteiger partial charge in [-0.1, -0.05) is 26.2 Å². The predicted molar refractivity (Wildman–Crippen MR) is 48.4 cm³/mol. The Kier molecular flexibility index (Phi) is 15.3. The van der Waals surface area contributed by atoms with Gasteiger partial charge in [0, 0.05) is 0 Å². The summed E-state index contributed by atoms with van der Waals surface area (Å²) < 4.78 is 0. The number of rotatable bonds is 4. The van der Waals surface area contributed by atoms with E-state index < -0.39 is 0 Å². The third kappa shape index (κ3) is 9.85. The van der Waals surface area contributed by atoms with E-state index in [-0.39, 0.29) is 13.5 Å². The minimum absolute atomic E-state index is 0. The van der Waals surface area contributed by atoms with Gasteiger partial charge in [-0.2, -0.15) is 26.1 Å². The smallest absolute Gasteiger partial charge is 0.00979 e. The van der Waals surface area contributed by atoms with Crippen LogP contribution >= 0.6 is 26.1 Å². The van der Waals surface area contributed by atoms with E-state index in [0.717, 1.165) is 5.75 Å². The van der Waals surface area contributed by atoms with Gasteiger partial charge < -0.3 is 0 Å². The first-order valence-electron chi connectivity index (χ1n) is 3.02. The molecule has 0 fully saturated rings. The molecule has 0 amide bonds. The molecule has 0 atom stereocenters. The van der Waals surface area contributed by atoms with Crippen molar-refractivity contribution in [3.63, 3.8) is 0 Å². The van der Waals surface area contributed by atoms with E-state index in [2.05, 4.69) is 19.6 Å². The molecule has 52 valence electrons. The average molecular weight is 152 g/mol. The summed E-state index contributed by atoms with van der Waals surface area (Å²) in [6.07, 6.45) is 5.35. The Hall–Kier alpha value is 0.700. The van der Waals surface area contributed by atoms with Crippen molar-refractivity contribution >= 4 is 26.1 Å². The maximum Gasteiger partial charge on any atom is -0.00979 e. The molecule has 0 heterocycles. The molecule has 2 heteroatoms. The summed E-state index contributed by atoms with van der Waals surface area (Å²) in [4.78, 5) is 0. The summed E-state index contributed by atoms with van der Waals surface area (Å²) in [7, 11) is 0. The van der Waals surface area contributed by atoms with E-state index in [9.17, 15) is 0 Å². The van der Waals surface area contributed by atoms with Crippen molar-refractivity contribution in [3.05, 3.63) is 0 Å². The average Bonchev–Trinajstić information content (AvgIpc) is 1.69. The lowest BCUT2D eigenvalue weighted by molar-refractivity contribution is 0.707. The van der Waals surface area contributed by atoms with Crippen LogP contribution in [0.25, 0.3) is 0 Å². The van der Waals surface area contributed by atoms with Gasteiger partial charge in [0.25, 0.3) is 0 Å². The van der Waals surface area contributed by atoms with Gasteiger partial charge >= 0.3 is 0 Å². The van der Waals surface area contributed by atoms with Crippen LogP contribution in [-0.2, 0) is 0 Å². The van der Waals surface area contributed by atoms with E-state index in [1.165, 1.54) is 25.7 Å². The molecule has 0 radical (unpaired) electrons. The molecule has 0 aliphatic rings. The van der Waals surface area contributed by atoms with Crippen molar-refractivity contribution in [1.29, 1.82) is 0 Å². The molecule has 0 aliphatic heterocycles. The SMILES string of the molecule is CCCCCCS.S. The molecule has 8 heavy (non-hydrogen) atoms. The van der Waals surface area contributed by atoms with Crippen LogP contribution in [0.2, 0.25) is 0 Å². The second-order valence-corrected chi connectivity index (χ2v) is 2.23. The van der Waals surface area contributed by atoms with Crippen LogP contribution < -0.4 is 0 Å². The van der Waals surface area contributed by atoms with E-state index >= 15 is 0 Å². The van der Waals surface area contributed by atoms with Crippen LogP contribution in [0.15, 0.2) is 0 Å². The molecule has 0 spiro atoms. The molecular weight excluding hydrogens is 136 g/mol. The van der Waals surface area contributed by atoms with Crippen LogP contribution in [0, 0.1) is 0 Å². The normalized spacial score (nSPS) is 8.25. The van der Waals surface area contributed by atoms with Crippen LogP contribution in [0.4, 0.5) is 0 Å². The van der Waals surface area contributed by atoms with E-state index in [1.807, 2.05) is 0 Å². The summed E-state index contributed by atoms with van der Waals surface area (Å²) in [5.41, 5.74) is 0. The van der Waals surface area contributed by atoms with Gasteiger partial charge in [-0.25, -0.2) is 0 Å². The van der Waals surface area contributed by atoms with Crippen molar-refractivity contribution in [3.8, 4) is 0 Å². The molecule has 0 saturated carbocycles. The maximum atomic E-state index is 4.09. The molecule has 0 N–H and O–H groups in total. The molecule has 0 aliphatic carbocycles. The first-order chi connectivity index (χ1) is 3.41. The maximum absolute atomic E-state index is 4.09. The molecule has 0 bridgehead atoms. The van der Waals surface area contributed by atoms with E-state index in [1.54, 1.807) is 0 Å². The predicted octanol–water partition coefficient (Wildman–Crippen LogP) is 2.61. The lowest BCUT2D eigenvalue weighted by atomic mass is 10.2. The summed E-state index contributed by atoms with van der Waals surface area (Å²) in [5.74, 6) is 1.06. The highest BCUT2D eigenvalue weighted by Gasteiger charge is 1.80. The van der Waals surface area contributed by atoms with E-state index in [4.69, 9.17) is 0 Å². The Bertz CT molecular complexity index is 25.7. The number of thiol groups is 1. The Morgan fingerprint density at radius 1 is 1.12 bits per heavy atom. The van der Waals surface area contributed by atoms with Crippen LogP contribution in [0.1, 0.15) is 32.6 Å². The fourth-order valence-electron chi connectivity index (χ4n) is 0.539. The van der Waals surface area contributed by atoms with Gasteiger partial charge in [-0.05, 0) is 12.2 Å². The highest BCUT2D eigenvalue weighted by Crippen LogP contribution is 1.98. The van der Waals surface area contributed by atoms with Gasteiger partial charge in [0.1, 0.15) is 0 Å². The lowest BCUT2D eigenvalue weighted by Gasteiger charge is -1.90. The second-order valence-electron chi connectivity index (χ2n) is 1.78. The highest BCUT2D eigenvalue weighted by atomic mass is 32.1. The third-order valence-corrected chi connectivity index (χ3v) is 1.33. The van der Waals surface area contributed by atoms with Crippen molar-refractivity contribution in [2.24, 2.45) is 0 Å². The van der Waals surface area contributed by atoms with Crippen molar-refractivity contribution < 1.29 is 0 Å². The first-order valence-corrected chi connectivity index (χ1v) is 3.66. The summed E-state index contributed by atoms with van der Waals surface area (Å²) >= 11 is 4.09. The zero-order valence-corrected chi connectivity index (χ0v) is 7.38. The Balaban J connectivity index is 0. The largest absolute Gasteiger partial charge is 0.197 e. The molecule has 0 aromatic rings.